The Bertz CT molecular complexity index is 705. The van der Waals surface area contributed by atoms with Crippen LogP contribution >= 0.6 is 11.3 Å². The zero-order valence-electron chi connectivity index (χ0n) is 11.6. The Labute approximate surface area is 124 Å². The molecule has 7 nitrogen and oxygen atoms in total. The smallest absolute Gasteiger partial charge is 0.268 e. The zero-order valence-corrected chi connectivity index (χ0v) is 12.4. The third kappa shape index (κ3) is 2.97. The summed E-state index contributed by atoms with van der Waals surface area (Å²) in [5, 5.41) is 4.95. The molecule has 3 rings (SSSR count). The summed E-state index contributed by atoms with van der Waals surface area (Å²) in [6.45, 7) is 2.05. The number of likely N-dealkylation sites (N-methyl/N-ethyl adjacent to an activating group) is 1. The van der Waals surface area contributed by atoms with Gasteiger partial charge in [0.25, 0.3) is 11.5 Å². The van der Waals surface area contributed by atoms with Crippen molar-refractivity contribution in [3.05, 3.63) is 27.6 Å². The molecule has 0 bridgehead atoms. The molecule has 2 aromatic heterocycles. The number of thiophene rings is 1. The normalized spacial score (nSPS) is 18.8. The molecule has 2 aromatic rings. The molecule has 8 heteroatoms. The van der Waals surface area contributed by atoms with Crippen molar-refractivity contribution in [1.29, 1.82) is 0 Å². The Kier molecular flexibility index (Phi) is 4.00. The maximum Gasteiger partial charge on any atom is 0.268 e. The minimum Gasteiger partial charge on any atom is -0.366 e. The molecule has 21 heavy (non-hydrogen) atoms. The van der Waals surface area contributed by atoms with Gasteiger partial charge in [-0.15, -0.1) is 11.3 Å². The molecule has 2 N–H and O–H groups in total. The Morgan fingerprint density at radius 1 is 1.62 bits per heavy atom. The minimum absolute atomic E-state index is 0.115. The molecule has 0 spiro atoms. The summed E-state index contributed by atoms with van der Waals surface area (Å²) in [6.07, 6.45) is -0.472. The van der Waals surface area contributed by atoms with Crippen LogP contribution in [0.3, 0.4) is 0 Å². The van der Waals surface area contributed by atoms with Crippen LogP contribution in [0.25, 0.3) is 10.2 Å². The van der Waals surface area contributed by atoms with E-state index in [0.29, 0.717) is 29.2 Å². The number of morpholine rings is 1. The van der Waals surface area contributed by atoms with Gasteiger partial charge in [-0.2, -0.15) is 0 Å². The number of rotatable bonds is 3. The third-order valence-electron chi connectivity index (χ3n) is 3.33. The summed E-state index contributed by atoms with van der Waals surface area (Å²) in [4.78, 5) is 32.7. The number of nitrogens with zero attached hydrogens (tertiary/aromatic N) is 2. The van der Waals surface area contributed by atoms with Crippen molar-refractivity contribution >= 4 is 27.5 Å². The Morgan fingerprint density at radius 2 is 2.48 bits per heavy atom. The van der Waals surface area contributed by atoms with Crippen LogP contribution in [0.5, 0.6) is 0 Å². The standard InChI is InChI=1S/C13H16N4O3S/c1-17(13(19)9-6-14-3-4-20-9)7-10-15-8-2-5-21-11(8)12(18)16-10/h2,5,9,14H,3-4,6-7H2,1H3,(H,15,16,18). The number of carbonyl (C=O) groups is 1. The number of fused-ring (bicyclic) bond motifs is 1. The van der Waals surface area contributed by atoms with Gasteiger partial charge in [0.15, 0.2) is 0 Å². The molecule has 0 saturated carbocycles. The van der Waals surface area contributed by atoms with Gasteiger partial charge in [-0.1, -0.05) is 0 Å². The topological polar surface area (TPSA) is 87.3 Å². The zero-order chi connectivity index (χ0) is 14.8. The van der Waals surface area contributed by atoms with Crippen molar-refractivity contribution in [2.45, 2.75) is 12.6 Å². The van der Waals surface area contributed by atoms with Crippen molar-refractivity contribution < 1.29 is 9.53 Å². The number of ether oxygens (including phenoxy) is 1. The van der Waals surface area contributed by atoms with Gasteiger partial charge in [-0.25, -0.2) is 4.98 Å². The highest BCUT2D eigenvalue weighted by atomic mass is 32.1. The number of aromatic amines is 1. The average molecular weight is 308 g/mol. The van der Waals surface area contributed by atoms with Crippen LogP contribution < -0.4 is 10.9 Å². The maximum atomic E-state index is 12.2. The second-order valence-corrected chi connectivity index (χ2v) is 5.82. The van der Waals surface area contributed by atoms with Crippen molar-refractivity contribution in [2.24, 2.45) is 0 Å². The highest BCUT2D eigenvalue weighted by Gasteiger charge is 2.25. The van der Waals surface area contributed by atoms with Gasteiger partial charge in [0.2, 0.25) is 0 Å². The lowest BCUT2D eigenvalue weighted by Gasteiger charge is -2.27. The average Bonchev–Trinajstić information content (AvgIpc) is 2.96. The van der Waals surface area contributed by atoms with Crippen molar-refractivity contribution in [3.63, 3.8) is 0 Å². The van der Waals surface area contributed by atoms with Crippen LogP contribution in [-0.4, -0.2) is 53.6 Å². The number of amides is 1. The molecular weight excluding hydrogens is 292 g/mol. The quantitative estimate of drug-likeness (QED) is 0.829. The molecule has 1 aliphatic heterocycles. The predicted molar refractivity (Wildman–Crippen MR) is 79.3 cm³/mol. The first-order valence-electron chi connectivity index (χ1n) is 6.69. The molecule has 3 heterocycles. The molecule has 1 atom stereocenters. The SMILES string of the molecule is CN(Cc1nc2ccsc2c(=O)[nH]1)C(=O)C1CNCCO1. The molecule has 1 aliphatic rings. The fourth-order valence-electron chi connectivity index (χ4n) is 2.27. The molecule has 1 fully saturated rings. The van der Waals surface area contributed by atoms with E-state index >= 15 is 0 Å². The first-order valence-corrected chi connectivity index (χ1v) is 7.57. The Balaban J connectivity index is 1.74. The Morgan fingerprint density at radius 3 is 3.24 bits per heavy atom. The fraction of sp³-hybridized carbons (Fsp3) is 0.462. The highest BCUT2D eigenvalue weighted by molar-refractivity contribution is 7.17. The van der Waals surface area contributed by atoms with Crippen molar-refractivity contribution in [2.75, 3.05) is 26.7 Å². The van der Waals surface area contributed by atoms with E-state index in [9.17, 15) is 9.59 Å². The van der Waals surface area contributed by atoms with Crippen molar-refractivity contribution in [3.8, 4) is 0 Å². The predicted octanol–water partition coefficient (Wildman–Crippen LogP) is -0.0686. The van der Waals surface area contributed by atoms with Gasteiger partial charge in [-0.05, 0) is 11.4 Å². The molecule has 0 aromatic carbocycles. The summed E-state index contributed by atoms with van der Waals surface area (Å²) in [6, 6.07) is 1.80. The number of aromatic nitrogens is 2. The van der Waals surface area contributed by atoms with Crippen molar-refractivity contribution in [1.82, 2.24) is 20.2 Å². The first kappa shape index (κ1) is 14.2. The first-order chi connectivity index (χ1) is 10.1. The van der Waals surface area contributed by atoms with Crippen LogP contribution in [0.2, 0.25) is 0 Å². The van der Waals surface area contributed by atoms with E-state index in [1.54, 1.807) is 13.1 Å². The van der Waals surface area contributed by atoms with Gasteiger partial charge < -0.3 is 19.9 Å². The third-order valence-corrected chi connectivity index (χ3v) is 4.23. The van der Waals surface area contributed by atoms with Gasteiger partial charge in [0.05, 0.1) is 18.7 Å². The highest BCUT2D eigenvalue weighted by Crippen LogP contribution is 2.14. The summed E-state index contributed by atoms with van der Waals surface area (Å²) in [7, 11) is 1.68. The van der Waals surface area contributed by atoms with E-state index in [0.717, 1.165) is 6.54 Å². The van der Waals surface area contributed by atoms with Crippen LogP contribution in [0, 0.1) is 0 Å². The lowest BCUT2D eigenvalue weighted by atomic mass is 10.2. The molecule has 1 saturated heterocycles. The van der Waals surface area contributed by atoms with Gasteiger partial charge in [0.1, 0.15) is 16.6 Å². The van der Waals surface area contributed by atoms with Gasteiger partial charge in [-0.3, -0.25) is 9.59 Å². The number of hydrogen-bond acceptors (Lipinski definition) is 6. The summed E-state index contributed by atoms with van der Waals surface area (Å²) < 4.78 is 6.04. The molecule has 1 amide bonds. The molecule has 0 aliphatic carbocycles. The van der Waals surface area contributed by atoms with E-state index in [1.165, 1.54) is 16.2 Å². The lowest BCUT2D eigenvalue weighted by Crippen LogP contribution is -2.48. The number of hydrogen-bond donors (Lipinski definition) is 2. The Hall–Kier alpha value is -1.77. The van der Waals surface area contributed by atoms with Crippen LogP contribution in [0.1, 0.15) is 5.82 Å². The second-order valence-electron chi connectivity index (χ2n) is 4.91. The van der Waals surface area contributed by atoms with E-state index in [1.807, 2.05) is 5.38 Å². The molecule has 1 unspecified atom stereocenters. The largest absolute Gasteiger partial charge is 0.366 e. The van der Waals surface area contributed by atoms with Crippen LogP contribution in [0.4, 0.5) is 0 Å². The maximum absolute atomic E-state index is 12.2. The fourth-order valence-corrected chi connectivity index (χ4v) is 2.99. The number of H-pyrrole nitrogens is 1. The number of carbonyl (C=O) groups excluding carboxylic acids is 1. The summed E-state index contributed by atoms with van der Waals surface area (Å²) >= 11 is 1.36. The second kappa shape index (κ2) is 5.92. The summed E-state index contributed by atoms with van der Waals surface area (Å²) in [5.74, 6) is 0.362. The molecule has 112 valence electrons. The summed E-state index contributed by atoms with van der Waals surface area (Å²) in [5.41, 5.74) is 0.497. The van der Waals surface area contributed by atoms with Crippen LogP contribution in [-0.2, 0) is 16.1 Å². The van der Waals surface area contributed by atoms with Gasteiger partial charge >= 0.3 is 0 Å². The molecular formula is C13H16N4O3S. The van der Waals surface area contributed by atoms with E-state index < -0.39 is 6.10 Å². The molecule has 0 radical (unpaired) electrons. The van der Waals surface area contributed by atoms with E-state index in [-0.39, 0.29) is 18.0 Å². The monoisotopic (exact) mass is 308 g/mol. The van der Waals surface area contributed by atoms with Gasteiger partial charge in [0, 0.05) is 20.1 Å². The van der Waals surface area contributed by atoms with Crippen LogP contribution in [0.15, 0.2) is 16.2 Å². The van der Waals surface area contributed by atoms with E-state index in [2.05, 4.69) is 15.3 Å². The number of nitrogens with one attached hydrogen (secondary N) is 2. The minimum atomic E-state index is -0.472. The lowest BCUT2D eigenvalue weighted by molar-refractivity contribution is -0.144. The van der Waals surface area contributed by atoms with E-state index in [4.69, 9.17) is 4.74 Å².